The van der Waals surface area contributed by atoms with Gasteiger partial charge in [0.25, 0.3) is 0 Å². The first kappa shape index (κ1) is 12.5. The van der Waals surface area contributed by atoms with Gasteiger partial charge in [0.2, 0.25) is 5.89 Å². The third kappa shape index (κ3) is 2.21. The van der Waals surface area contributed by atoms with Crippen molar-refractivity contribution >= 4 is 11.0 Å². The van der Waals surface area contributed by atoms with Crippen LogP contribution in [0.15, 0.2) is 28.8 Å². The van der Waals surface area contributed by atoms with Gasteiger partial charge in [0, 0.05) is 12.5 Å². The van der Waals surface area contributed by atoms with Gasteiger partial charge in [0.1, 0.15) is 12.4 Å². The van der Waals surface area contributed by atoms with Crippen LogP contribution in [0.2, 0.25) is 0 Å². The smallest absolute Gasteiger partial charge is 0.246 e. The molecule has 1 aliphatic rings. The van der Waals surface area contributed by atoms with E-state index in [1.807, 2.05) is 25.1 Å². The fraction of sp³-hybridized carbons (Fsp3) is 0.400. The van der Waals surface area contributed by atoms with Gasteiger partial charge in [-0.25, -0.2) is 4.98 Å². The highest BCUT2D eigenvalue weighted by Gasteiger charge is 2.23. The van der Waals surface area contributed by atoms with Gasteiger partial charge in [-0.1, -0.05) is 17.3 Å². The molecule has 1 fully saturated rings. The number of hydrogen-bond donors (Lipinski definition) is 0. The first-order valence-electron chi connectivity index (χ1n) is 7.13. The molecule has 3 aromatic rings. The van der Waals surface area contributed by atoms with Crippen LogP contribution in [0.1, 0.15) is 29.9 Å². The van der Waals surface area contributed by atoms with E-state index in [1.54, 1.807) is 0 Å². The summed E-state index contributed by atoms with van der Waals surface area (Å²) < 4.78 is 12.9. The molecule has 0 aliphatic carbocycles. The van der Waals surface area contributed by atoms with Crippen LogP contribution in [0.5, 0.6) is 0 Å². The summed E-state index contributed by atoms with van der Waals surface area (Å²) in [6.07, 6.45) is 0.964. The number of rotatable bonds is 3. The van der Waals surface area contributed by atoms with E-state index in [0.29, 0.717) is 19.0 Å². The molecule has 0 spiro atoms. The number of aryl methyl sites for hydroxylation is 1. The van der Waals surface area contributed by atoms with Crippen molar-refractivity contribution in [3.63, 3.8) is 0 Å². The first-order chi connectivity index (χ1) is 10.3. The van der Waals surface area contributed by atoms with Crippen LogP contribution in [-0.2, 0) is 11.3 Å². The molecule has 2 aromatic heterocycles. The Morgan fingerprint density at radius 3 is 3.05 bits per heavy atom. The van der Waals surface area contributed by atoms with Gasteiger partial charge in [-0.3, -0.25) is 0 Å². The number of ether oxygens (including phenoxy) is 1. The van der Waals surface area contributed by atoms with Crippen LogP contribution in [0, 0.1) is 6.92 Å². The van der Waals surface area contributed by atoms with E-state index in [-0.39, 0.29) is 5.92 Å². The average Bonchev–Trinajstić information content (AvgIpc) is 3.20. The summed E-state index contributed by atoms with van der Waals surface area (Å²) >= 11 is 0. The van der Waals surface area contributed by atoms with Gasteiger partial charge in [0.15, 0.2) is 5.82 Å². The summed E-state index contributed by atoms with van der Waals surface area (Å²) in [5, 5.41) is 4.09. The van der Waals surface area contributed by atoms with Gasteiger partial charge in [-0.15, -0.1) is 0 Å². The van der Waals surface area contributed by atoms with Crippen molar-refractivity contribution in [2.45, 2.75) is 25.8 Å². The zero-order valence-corrected chi connectivity index (χ0v) is 11.8. The summed E-state index contributed by atoms with van der Waals surface area (Å²) in [4.78, 5) is 9.06. The molecule has 0 bridgehead atoms. The second kappa shape index (κ2) is 4.96. The molecule has 1 atom stereocenters. The summed E-state index contributed by atoms with van der Waals surface area (Å²) in [7, 11) is 0. The second-order valence-corrected chi connectivity index (χ2v) is 5.34. The second-order valence-electron chi connectivity index (χ2n) is 5.34. The van der Waals surface area contributed by atoms with Crippen LogP contribution >= 0.6 is 0 Å². The van der Waals surface area contributed by atoms with Crippen LogP contribution < -0.4 is 0 Å². The number of aromatic nitrogens is 4. The van der Waals surface area contributed by atoms with Gasteiger partial charge in [-0.2, -0.15) is 4.98 Å². The van der Waals surface area contributed by atoms with E-state index in [0.717, 1.165) is 35.7 Å². The Kier molecular flexibility index (Phi) is 2.96. The van der Waals surface area contributed by atoms with Crippen LogP contribution in [0.3, 0.4) is 0 Å². The molecule has 1 saturated heterocycles. The van der Waals surface area contributed by atoms with Crippen molar-refractivity contribution < 1.29 is 9.26 Å². The summed E-state index contributed by atoms with van der Waals surface area (Å²) in [5.74, 6) is 2.58. The topological polar surface area (TPSA) is 66.0 Å². The highest BCUT2D eigenvalue weighted by molar-refractivity contribution is 5.75. The summed E-state index contributed by atoms with van der Waals surface area (Å²) in [5.41, 5.74) is 2.07. The zero-order valence-electron chi connectivity index (χ0n) is 11.8. The van der Waals surface area contributed by atoms with Gasteiger partial charge >= 0.3 is 0 Å². The molecule has 0 unspecified atom stereocenters. The van der Waals surface area contributed by atoms with Crippen LogP contribution in [0.25, 0.3) is 11.0 Å². The molecule has 1 aliphatic heterocycles. The molecule has 6 nitrogen and oxygen atoms in total. The fourth-order valence-corrected chi connectivity index (χ4v) is 2.77. The Bertz CT molecular complexity index is 771. The van der Waals surface area contributed by atoms with Crippen molar-refractivity contribution in [3.8, 4) is 0 Å². The van der Waals surface area contributed by atoms with Crippen LogP contribution in [0.4, 0.5) is 0 Å². The standard InChI is InChI=1S/C15H16N4O2/c1-10-16-12-4-2-3-5-13(12)19(10)8-14-17-15(18-21-14)11-6-7-20-9-11/h2-5,11H,6-9H2,1H3/t11-/m1/s1. The van der Waals surface area contributed by atoms with E-state index in [9.17, 15) is 0 Å². The molecule has 0 amide bonds. The SMILES string of the molecule is Cc1nc2ccccc2n1Cc1nc([C@@H]2CCOC2)no1. The Morgan fingerprint density at radius 2 is 2.19 bits per heavy atom. The predicted molar refractivity (Wildman–Crippen MR) is 76.0 cm³/mol. The Balaban J connectivity index is 1.64. The van der Waals surface area contributed by atoms with Crippen molar-refractivity contribution in [2.75, 3.05) is 13.2 Å². The quantitative estimate of drug-likeness (QED) is 0.738. The van der Waals surface area contributed by atoms with E-state index in [4.69, 9.17) is 9.26 Å². The maximum absolute atomic E-state index is 5.39. The van der Waals surface area contributed by atoms with Gasteiger partial charge in [-0.05, 0) is 25.5 Å². The molecule has 108 valence electrons. The molecular weight excluding hydrogens is 268 g/mol. The van der Waals surface area contributed by atoms with E-state index in [2.05, 4.69) is 25.8 Å². The normalized spacial score (nSPS) is 18.6. The number of hydrogen-bond acceptors (Lipinski definition) is 5. The van der Waals surface area contributed by atoms with Crippen molar-refractivity contribution in [1.29, 1.82) is 0 Å². The fourth-order valence-electron chi connectivity index (χ4n) is 2.77. The molecule has 3 heterocycles. The number of imidazole rings is 1. The predicted octanol–water partition coefficient (Wildman–Crippen LogP) is 2.28. The first-order valence-corrected chi connectivity index (χ1v) is 7.13. The van der Waals surface area contributed by atoms with Crippen LogP contribution in [-0.4, -0.2) is 32.9 Å². The number of para-hydroxylation sites is 2. The van der Waals surface area contributed by atoms with Gasteiger partial charge < -0.3 is 13.8 Å². The maximum atomic E-state index is 5.39. The lowest BCUT2D eigenvalue weighted by Crippen LogP contribution is -2.04. The van der Waals surface area contributed by atoms with E-state index >= 15 is 0 Å². The number of benzene rings is 1. The Morgan fingerprint density at radius 1 is 1.29 bits per heavy atom. The minimum Gasteiger partial charge on any atom is -0.381 e. The average molecular weight is 284 g/mol. The molecule has 1 aromatic carbocycles. The Labute approximate surface area is 121 Å². The lowest BCUT2D eigenvalue weighted by molar-refractivity contribution is 0.192. The van der Waals surface area contributed by atoms with Gasteiger partial charge in [0.05, 0.1) is 17.6 Å². The summed E-state index contributed by atoms with van der Waals surface area (Å²) in [6, 6.07) is 8.06. The zero-order chi connectivity index (χ0) is 14.2. The molecule has 0 saturated carbocycles. The third-order valence-corrected chi connectivity index (χ3v) is 3.92. The number of nitrogens with zero attached hydrogens (tertiary/aromatic N) is 4. The molecule has 6 heteroatoms. The number of fused-ring (bicyclic) bond motifs is 1. The lowest BCUT2D eigenvalue weighted by Gasteiger charge is -2.02. The highest BCUT2D eigenvalue weighted by atomic mass is 16.5. The third-order valence-electron chi connectivity index (χ3n) is 3.92. The van der Waals surface area contributed by atoms with Crippen molar-refractivity contribution in [2.24, 2.45) is 0 Å². The van der Waals surface area contributed by atoms with E-state index < -0.39 is 0 Å². The largest absolute Gasteiger partial charge is 0.381 e. The van der Waals surface area contributed by atoms with E-state index in [1.165, 1.54) is 0 Å². The molecule has 0 N–H and O–H groups in total. The maximum Gasteiger partial charge on any atom is 0.246 e. The van der Waals surface area contributed by atoms with Crippen molar-refractivity contribution in [1.82, 2.24) is 19.7 Å². The molecule has 4 rings (SSSR count). The summed E-state index contributed by atoms with van der Waals surface area (Å²) in [6.45, 7) is 4.00. The molecule has 0 radical (unpaired) electrons. The minimum absolute atomic E-state index is 0.267. The molecular formula is C15H16N4O2. The monoisotopic (exact) mass is 284 g/mol. The Hall–Kier alpha value is -2.21. The molecule has 21 heavy (non-hydrogen) atoms. The minimum atomic E-state index is 0.267. The van der Waals surface area contributed by atoms with Crippen molar-refractivity contribution in [3.05, 3.63) is 41.8 Å². The lowest BCUT2D eigenvalue weighted by atomic mass is 10.1. The highest BCUT2D eigenvalue weighted by Crippen LogP contribution is 2.23.